The van der Waals surface area contributed by atoms with Gasteiger partial charge in [-0.15, -0.1) is 11.3 Å². The number of ether oxygens (including phenoxy) is 6. The fourth-order valence-corrected chi connectivity index (χ4v) is 10.3. The Morgan fingerprint density at radius 3 is 2.58 bits per heavy atom. The van der Waals surface area contributed by atoms with E-state index in [0.29, 0.717) is 74.7 Å². The molecule has 7 aromatic rings. The molecule has 0 bridgehead atoms. The number of carbonyl (C=O) groups excluding carboxylic acids is 1. The summed E-state index contributed by atoms with van der Waals surface area (Å²) in [6.07, 6.45) is 3.46. The highest BCUT2D eigenvalue weighted by atomic mass is 35.5. The van der Waals surface area contributed by atoms with Gasteiger partial charge in [0.2, 0.25) is 12.0 Å². The maximum absolute atomic E-state index is 14.4. The fraction of sp³-hybridized carbons (Fsp3) is 0.352. The van der Waals surface area contributed by atoms with Crippen LogP contribution in [0.2, 0.25) is 5.02 Å². The van der Waals surface area contributed by atoms with Crippen LogP contribution < -0.4 is 19.5 Å². The van der Waals surface area contributed by atoms with Gasteiger partial charge >= 0.3 is 5.97 Å². The van der Waals surface area contributed by atoms with Gasteiger partial charge in [0.05, 0.1) is 54.7 Å². The lowest BCUT2D eigenvalue weighted by Gasteiger charge is -2.29. The van der Waals surface area contributed by atoms with E-state index in [1.54, 1.807) is 38.4 Å². The molecule has 0 amide bonds. The molecule has 0 aliphatic carbocycles. The SMILES string of the molecule is CCOC(=O)C(Cc1cc(CNCCN2CCC(O)CC2)ccc1OCc1ccnc(-c2ccccc2OC)n1)Oc1ncnc2sc(-c3ccc(F)cc3)c(-c3ccc(C4OCCCO4)c(Cl)c3C)c12. The molecule has 71 heavy (non-hydrogen) atoms. The van der Waals surface area contributed by atoms with Crippen LogP contribution in [0, 0.1) is 12.7 Å². The predicted molar refractivity (Wildman–Crippen MR) is 270 cm³/mol. The zero-order valence-electron chi connectivity index (χ0n) is 39.9. The maximum Gasteiger partial charge on any atom is 0.347 e. The minimum absolute atomic E-state index is 0.0467. The maximum atomic E-state index is 14.4. The van der Waals surface area contributed by atoms with Crippen LogP contribution >= 0.6 is 22.9 Å². The first kappa shape index (κ1) is 49.9. The third-order valence-corrected chi connectivity index (χ3v) is 14.2. The van der Waals surface area contributed by atoms with Crippen LogP contribution in [0.1, 0.15) is 60.4 Å². The minimum Gasteiger partial charge on any atom is -0.496 e. The highest BCUT2D eigenvalue weighted by Crippen LogP contribution is 2.49. The van der Waals surface area contributed by atoms with Crippen LogP contribution in [0.15, 0.2) is 97.5 Å². The first-order valence-electron chi connectivity index (χ1n) is 23.9. The van der Waals surface area contributed by atoms with Crippen molar-refractivity contribution in [2.24, 2.45) is 0 Å². The molecular weight excluding hydrogens is 947 g/mol. The number of nitrogens with one attached hydrogen (secondary N) is 1. The highest BCUT2D eigenvalue weighted by Gasteiger charge is 2.30. The molecule has 2 N–H and O–H groups in total. The van der Waals surface area contributed by atoms with E-state index in [1.165, 1.54) is 29.8 Å². The van der Waals surface area contributed by atoms with Crippen molar-refractivity contribution in [3.05, 3.63) is 136 Å². The summed E-state index contributed by atoms with van der Waals surface area (Å²) < 4.78 is 50.9. The van der Waals surface area contributed by atoms with Crippen molar-refractivity contribution < 1.29 is 42.7 Å². The number of aromatic nitrogens is 4. The number of likely N-dealkylation sites (tertiary alicyclic amines) is 1. The molecule has 2 fully saturated rings. The molecule has 1 atom stereocenters. The summed E-state index contributed by atoms with van der Waals surface area (Å²) in [7, 11) is 1.61. The summed E-state index contributed by atoms with van der Waals surface area (Å²) in [6.45, 7) is 8.89. The van der Waals surface area contributed by atoms with E-state index in [2.05, 4.69) is 20.2 Å². The quantitative estimate of drug-likeness (QED) is 0.0582. The second-order valence-electron chi connectivity index (χ2n) is 17.4. The zero-order valence-corrected chi connectivity index (χ0v) is 41.4. The van der Waals surface area contributed by atoms with Crippen molar-refractivity contribution in [3.8, 4) is 50.3 Å². The van der Waals surface area contributed by atoms with Crippen molar-refractivity contribution >= 4 is 39.1 Å². The van der Waals surface area contributed by atoms with Crippen LogP contribution in [0.5, 0.6) is 17.4 Å². The van der Waals surface area contributed by atoms with Crippen molar-refractivity contribution in [1.82, 2.24) is 30.2 Å². The van der Waals surface area contributed by atoms with Gasteiger partial charge in [-0.05, 0) is 97.3 Å². The van der Waals surface area contributed by atoms with Gasteiger partial charge in [0, 0.05) is 61.3 Å². The number of halogens is 2. The summed E-state index contributed by atoms with van der Waals surface area (Å²) in [5.41, 5.74) is 6.73. The van der Waals surface area contributed by atoms with E-state index in [9.17, 15) is 14.3 Å². The Bertz CT molecular complexity index is 2950. The Kier molecular flexibility index (Phi) is 16.4. The highest BCUT2D eigenvalue weighted by molar-refractivity contribution is 7.22. The average Bonchev–Trinajstić information content (AvgIpc) is 3.79. The molecule has 2 saturated heterocycles. The number of carbonyl (C=O) groups is 1. The van der Waals surface area contributed by atoms with Crippen LogP contribution in [0.3, 0.4) is 0 Å². The average molecular weight is 1000 g/mol. The summed E-state index contributed by atoms with van der Waals surface area (Å²) in [4.78, 5) is 36.6. The summed E-state index contributed by atoms with van der Waals surface area (Å²) in [6, 6.07) is 25.4. The van der Waals surface area contributed by atoms with E-state index in [4.69, 9.17) is 50.0 Å². The number of hydrogen-bond acceptors (Lipinski definition) is 15. The van der Waals surface area contributed by atoms with Gasteiger partial charge in [0.15, 0.2) is 12.1 Å². The molecule has 9 rings (SSSR count). The lowest BCUT2D eigenvalue weighted by molar-refractivity contribution is -0.182. The number of hydrogen-bond donors (Lipinski definition) is 2. The smallest absolute Gasteiger partial charge is 0.347 e. The Morgan fingerprint density at radius 1 is 0.986 bits per heavy atom. The number of piperidine rings is 1. The number of para-hydroxylation sites is 1. The molecular formula is C54H56ClFN6O8S. The normalized spacial score (nSPS) is 15.2. The lowest BCUT2D eigenvalue weighted by Crippen LogP contribution is -2.39. The van der Waals surface area contributed by atoms with Gasteiger partial charge in [-0.2, -0.15) is 0 Å². The molecule has 2 aliphatic rings. The number of nitrogens with zero attached hydrogens (tertiary/aromatic N) is 5. The number of benzene rings is 4. The first-order valence-corrected chi connectivity index (χ1v) is 25.1. The van der Waals surface area contributed by atoms with Crippen LogP contribution in [0.4, 0.5) is 4.39 Å². The molecule has 14 nitrogen and oxygen atoms in total. The number of aliphatic hydroxyl groups excluding tert-OH is 1. The van der Waals surface area contributed by atoms with Crippen molar-refractivity contribution in [3.63, 3.8) is 0 Å². The predicted octanol–water partition coefficient (Wildman–Crippen LogP) is 9.71. The number of rotatable bonds is 19. The zero-order chi connectivity index (χ0) is 49.3. The molecule has 0 saturated carbocycles. The number of aliphatic hydroxyl groups is 1. The van der Waals surface area contributed by atoms with Crippen molar-refractivity contribution in [1.29, 1.82) is 0 Å². The molecule has 0 spiro atoms. The minimum atomic E-state index is -1.20. The Morgan fingerprint density at radius 2 is 1.79 bits per heavy atom. The third-order valence-electron chi connectivity index (χ3n) is 12.6. The number of methoxy groups -OCH3 is 1. The van der Waals surface area contributed by atoms with Crippen LogP contribution in [-0.2, 0) is 38.6 Å². The standard InChI is InChI=1S/C54H56ClFN6O8S/c1-4-66-53(64)45(70-51-47-46(40-15-16-42(48(55)33(40)2)54-67-26-7-27-68-54)49(71-52(47)60-32-59-51)35-11-13-37(56)14-12-35)29-36-28-34(30-57-22-25-62-23-19-39(63)20-24-62)10-17-43(36)69-31-38-18-21-58-50(61-38)41-8-5-6-9-44(41)65-3/h5-6,8-18,21,28,32,39,45,54,57,63H,4,7,19-20,22-27,29-31H2,1-3H3. The van der Waals surface area contributed by atoms with Crippen molar-refractivity contribution in [2.75, 3.05) is 53.1 Å². The molecule has 4 aromatic carbocycles. The Hall–Kier alpha value is -6.11. The van der Waals surface area contributed by atoms with E-state index >= 15 is 0 Å². The third kappa shape index (κ3) is 11.8. The number of esters is 1. The molecule has 17 heteroatoms. The van der Waals surface area contributed by atoms with E-state index < -0.39 is 18.4 Å². The summed E-state index contributed by atoms with van der Waals surface area (Å²) >= 11 is 8.56. The lowest BCUT2D eigenvalue weighted by atomic mass is 9.94. The van der Waals surface area contributed by atoms with Gasteiger partial charge in [0.25, 0.3) is 0 Å². The second kappa shape index (κ2) is 23.4. The Labute approximate surface area is 421 Å². The summed E-state index contributed by atoms with van der Waals surface area (Å²) in [5.74, 6) is 0.857. The molecule has 3 aromatic heterocycles. The molecule has 1 unspecified atom stereocenters. The van der Waals surface area contributed by atoms with Crippen LogP contribution in [0.25, 0.3) is 43.2 Å². The van der Waals surface area contributed by atoms with Gasteiger partial charge in [0.1, 0.15) is 35.1 Å². The number of thiophene rings is 1. The fourth-order valence-electron chi connectivity index (χ4n) is 8.87. The van der Waals surface area contributed by atoms with Gasteiger partial charge < -0.3 is 43.7 Å². The van der Waals surface area contributed by atoms with Crippen molar-refractivity contribution in [2.45, 2.75) is 71.2 Å². The second-order valence-corrected chi connectivity index (χ2v) is 18.7. The largest absolute Gasteiger partial charge is 0.496 e. The monoisotopic (exact) mass is 1000 g/mol. The van der Waals surface area contributed by atoms with E-state index in [0.717, 1.165) is 78.1 Å². The first-order chi connectivity index (χ1) is 34.7. The number of fused-ring (bicyclic) bond motifs is 1. The van der Waals surface area contributed by atoms with E-state index in [-0.39, 0.29) is 37.4 Å². The Balaban J connectivity index is 1.06. The molecule has 0 radical (unpaired) electrons. The summed E-state index contributed by atoms with van der Waals surface area (Å²) in [5, 5.41) is 14.6. The molecule has 5 heterocycles. The van der Waals surface area contributed by atoms with Gasteiger partial charge in [-0.25, -0.2) is 29.1 Å². The van der Waals surface area contributed by atoms with Gasteiger partial charge in [-0.1, -0.05) is 60.1 Å². The van der Waals surface area contributed by atoms with Crippen LogP contribution in [-0.4, -0.2) is 101 Å². The van der Waals surface area contributed by atoms with Gasteiger partial charge in [-0.3, -0.25) is 0 Å². The molecule has 2 aliphatic heterocycles. The molecule has 370 valence electrons. The van der Waals surface area contributed by atoms with E-state index in [1.807, 2.05) is 61.5 Å². The topological polar surface area (TPSA) is 160 Å².